The summed E-state index contributed by atoms with van der Waals surface area (Å²) in [4.78, 5) is 21.9. The van der Waals surface area contributed by atoms with Gasteiger partial charge in [0.05, 0.1) is 23.3 Å². The zero-order chi connectivity index (χ0) is 20.3. The van der Waals surface area contributed by atoms with Gasteiger partial charge >= 0.3 is 0 Å². The van der Waals surface area contributed by atoms with Gasteiger partial charge in [-0.05, 0) is 35.0 Å². The first-order valence-corrected chi connectivity index (χ1v) is 11.1. The van der Waals surface area contributed by atoms with Crippen LogP contribution in [0.1, 0.15) is 5.01 Å². The van der Waals surface area contributed by atoms with E-state index in [0.29, 0.717) is 6.54 Å². The number of benzene rings is 3. The Morgan fingerprint density at radius 1 is 0.900 bits per heavy atom. The molecule has 1 aliphatic heterocycles. The molecule has 0 unspecified atom stereocenters. The second kappa shape index (κ2) is 8.52. The smallest absolute Gasteiger partial charge is 0.238 e. The lowest BCUT2D eigenvalue weighted by Crippen LogP contribution is -2.48. The number of hydrogen-bond acceptors (Lipinski definition) is 5. The Bertz CT molecular complexity index is 1150. The Balaban J connectivity index is 1.12. The Kier molecular flexibility index (Phi) is 5.45. The van der Waals surface area contributed by atoms with Gasteiger partial charge in [-0.25, -0.2) is 4.98 Å². The Morgan fingerprint density at radius 2 is 1.63 bits per heavy atom. The van der Waals surface area contributed by atoms with Crippen LogP contribution in [0.5, 0.6) is 0 Å². The zero-order valence-corrected chi connectivity index (χ0v) is 17.6. The van der Waals surface area contributed by atoms with Gasteiger partial charge in [0.1, 0.15) is 5.01 Å². The van der Waals surface area contributed by atoms with E-state index in [1.807, 2.05) is 36.4 Å². The standard InChI is InChI=1S/C24H24N4OS/c29-23(25-20-10-9-18-5-1-2-6-19(18)15-20)16-27-11-13-28(14-12-27)17-24-26-21-7-3-4-8-22(21)30-24/h1-10,15H,11-14,16-17H2,(H,25,29). The number of para-hydroxylation sites is 1. The van der Waals surface area contributed by atoms with Crippen molar-refractivity contribution in [2.24, 2.45) is 0 Å². The maximum atomic E-state index is 12.5. The van der Waals surface area contributed by atoms with Gasteiger partial charge in [0.15, 0.2) is 0 Å². The van der Waals surface area contributed by atoms with Gasteiger partial charge in [0.2, 0.25) is 5.91 Å². The SMILES string of the molecule is O=C(CN1CCN(Cc2nc3ccccc3s2)CC1)Nc1ccc2ccccc2c1. The van der Waals surface area contributed by atoms with Crippen molar-refractivity contribution in [2.75, 3.05) is 38.0 Å². The summed E-state index contributed by atoms with van der Waals surface area (Å²) in [5.74, 6) is 0.0462. The number of piperazine rings is 1. The van der Waals surface area contributed by atoms with Crippen molar-refractivity contribution in [3.05, 3.63) is 71.7 Å². The Hall–Kier alpha value is -2.80. The van der Waals surface area contributed by atoms with Crippen LogP contribution in [0.4, 0.5) is 5.69 Å². The van der Waals surface area contributed by atoms with E-state index in [4.69, 9.17) is 4.98 Å². The summed E-state index contributed by atoms with van der Waals surface area (Å²) in [5, 5.41) is 6.53. The Labute approximate surface area is 179 Å². The lowest BCUT2D eigenvalue weighted by molar-refractivity contribution is -0.117. The molecule has 0 bridgehead atoms. The highest BCUT2D eigenvalue weighted by molar-refractivity contribution is 7.18. The molecular weight excluding hydrogens is 392 g/mol. The minimum Gasteiger partial charge on any atom is -0.325 e. The average Bonchev–Trinajstić information content (AvgIpc) is 3.17. The van der Waals surface area contributed by atoms with Crippen LogP contribution >= 0.6 is 11.3 Å². The van der Waals surface area contributed by atoms with Gasteiger partial charge in [-0.1, -0.05) is 42.5 Å². The molecule has 152 valence electrons. The molecule has 1 fully saturated rings. The van der Waals surface area contributed by atoms with Crippen LogP contribution in [0.2, 0.25) is 0 Å². The molecule has 6 heteroatoms. The summed E-state index contributed by atoms with van der Waals surface area (Å²) in [6.45, 7) is 5.03. The molecule has 1 N–H and O–H groups in total. The number of aromatic nitrogens is 1. The molecule has 1 aromatic heterocycles. The average molecular weight is 417 g/mol. The molecule has 30 heavy (non-hydrogen) atoms. The molecule has 1 aliphatic rings. The van der Waals surface area contributed by atoms with E-state index < -0.39 is 0 Å². The van der Waals surface area contributed by atoms with Crippen molar-refractivity contribution in [2.45, 2.75) is 6.54 Å². The summed E-state index contributed by atoms with van der Waals surface area (Å²) in [6.07, 6.45) is 0. The number of anilines is 1. The van der Waals surface area contributed by atoms with Gasteiger partial charge in [0.25, 0.3) is 0 Å². The lowest BCUT2D eigenvalue weighted by Gasteiger charge is -2.33. The van der Waals surface area contributed by atoms with Crippen LogP contribution in [-0.2, 0) is 11.3 Å². The van der Waals surface area contributed by atoms with Crippen LogP contribution in [0.25, 0.3) is 21.0 Å². The van der Waals surface area contributed by atoms with Gasteiger partial charge in [-0.2, -0.15) is 0 Å². The fraction of sp³-hybridized carbons (Fsp3) is 0.250. The Morgan fingerprint density at radius 3 is 2.47 bits per heavy atom. The number of thiazole rings is 1. The van der Waals surface area contributed by atoms with Gasteiger partial charge < -0.3 is 5.32 Å². The van der Waals surface area contributed by atoms with E-state index >= 15 is 0 Å². The van der Waals surface area contributed by atoms with Crippen LogP contribution in [-0.4, -0.2) is 53.4 Å². The fourth-order valence-electron chi connectivity index (χ4n) is 3.96. The third kappa shape index (κ3) is 4.36. The molecule has 4 aromatic rings. The first-order chi connectivity index (χ1) is 14.7. The van der Waals surface area contributed by atoms with E-state index in [9.17, 15) is 4.79 Å². The fourth-order valence-corrected chi connectivity index (χ4v) is 4.96. The normalized spacial score (nSPS) is 15.6. The van der Waals surface area contributed by atoms with Gasteiger partial charge in [-0.3, -0.25) is 14.6 Å². The third-order valence-electron chi connectivity index (χ3n) is 5.56. The minimum absolute atomic E-state index is 0.0462. The van der Waals surface area contributed by atoms with E-state index in [0.717, 1.165) is 49.3 Å². The molecular formula is C24H24N4OS. The number of nitrogens with one attached hydrogen (secondary N) is 1. The molecule has 1 amide bonds. The number of rotatable bonds is 5. The maximum Gasteiger partial charge on any atom is 0.238 e. The number of carbonyl (C=O) groups excluding carboxylic acids is 1. The van der Waals surface area contributed by atoms with Crippen molar-refractivity contribution >= 4 is 43.9 Å². The molecule has 0 atom stereocenters. The molecule has 1 saturated heterocycles. The molecule has 5 nitrogen and oxygen atoms in total. The highest BCUT2D eigenvalue weighted by Gasteiger charge is 2.20. The molecule has 0 saturated carbocycles. The first kappa shape index (κ1) is 19.2. The van der Waals surface area contributed by atoms with E-state index in [1.165, 1.54) is 15.1 Å². The van der Waals surface area contributed by atoms with Crippen molar-refractivity contribution < 1.29 is 4.79 Å². The van der Waals surface area contributed by atoms with E-state index in [1.54, 1.807) is 11.3 Å². The van der Waals surface area contributed by atoms with Crippen molar-refractivity contribution in [1.82, 2.24) is 14.8 Å². The van der Waals surface area contributed by atoms with Crippen LogP contribution in [0, 0.1) is 0 Å². The summed E-state index contributed by atoms with van der Waals surface area (Å²) in [5.41, 5.74) is 1.94. The molecule has 0 aliphatic carbocycles. The number of hydrogen-bond donors (Lipinski definition) is 1. The zero-order valence-electron chi connectivity index (χ0n) is 16.8. The third-order valence-corrected chi connectivity index (χ3v) is 6.58. The van der Waals surface area contributed by atoms with Crippen molar-refractivity contribution in [3.8, 4) is 0 Å². The largest absolute Gasteiger partial charge is 0.325 e. The highest BCUT2D eigenvalue weighted by atomic mass is 32.1. The monoisotopic (exact) mass is 416 g/mol. The van der Waals surface area contributed by atoms with Crippen molar-refractivity contribution in [3.63, 3.8) is 0 Å². The maximum absolute atomic E-state index is 12.5. The van der Waals surface area contributed by atoms with Crippen molar-refractivity contribution in [1.29, 1.82) is 0 Å². The number of nitrogens with zero attached hydrogens (tertiary/aromatic N) is 3. The second-order valence-electron chi connectivity index (χ2n) is 7.74. The highest BCUT2D eigenvalue weighted by Crippen LogP contribution is 2.23. The topological polar surface area (TPSA) is 48.5 Å². The van der Waals surface area contributed by atoms with Gasteiger partial charge in [-0.15, -0.1) is 11.3 Å². The molecule has 3 aromatic carbocycles. The summed E-state index contributed by atoms with van der Waals surface area (Å²) in [7, 11) is 0. The quantitative estimate of drug-likeness (QED) is 0.530. The molecule has 2 heterocycles. The van der Waals surface area contributed by atoms with E-state index in [-0.39, 0.29) is 5.91 Å². The van der Waals surface area contributed by atoms with Gasteiger partial charge in [0, 0.05) is 31.9 Å². The number of carbonyl (C=O) groups is 1. The summed E-state index contributed by atoms with van der Waals surface area (Å²) < 4.78 is 1.25. The minimum atomic E-state index is 0.0462. The molecule has 0 spiro atoms. The predicted octanol–water partition coefficient (Wildman–Crippen LogP) is 4.21. The van der Waals surface area contributed by atoms with Crippen LogP contribution < -0.4 is 5.32 Å². The summed E-state index contributed by atoms with van der Waals surface area (Å²) >= 11 is 1.77. The molecule has 0 radical (unpaired) electrons. The van der Waals surface area contributed by atoms with E-state index in [2.05, 4.69) is 45.4 Å². The first-order valence-electron chi connectivity index (χ1n) is 10.3. The molecule has 5 rings (SSSR count). The predicted molar refractivity (Wildman–Crippen MR) is 124 cm³/mol. The number of amides is 1. The van der Waals surface area contributed by atoms with Crippen LogP contribution in [0.3, 0.4) is 0 Å². The summed E-state index contributed by atoms with van der Waals surface area (Å²) in [6, 6.07) is 22.5. The number of fused-ring (bicyclic) bond motifs is 2. The lowest BCUT2D eigenvalue weighted by atomic mass is 10.1. The second-order valence-corrected chi connectivity index (χ2v) is 8.85. The van der Waals surface area contributed by atoms with Crippen LogP contribution in [0.15, 0.2) is 66.7 Å².